The van der Waals surface area contributed by atoms with E-state index in [1.54, 1.807) is 4.90 Å². The highest BCUT2D eigenvalue weighted by atomic mass is 19.4. The van der Waals surface area contributed by atoms with Crippen LogP contribution >= 0.6 is 0 Å². The summed E-state index contributed by atoms with van der Waals surface area (Å²) in [5.41, 5.74) is 0.329. The molecule has 0 saturated carbocycles. The average molecular weight is 345 g/mol. The van der Waals surface area contributed by atoms with Crippen molar-refractivity contribution in [1.82, 2.24) is 9.88 Å². The number of hydrogen-bond donors (Lipinski definition) is 1. The molecule has 1 fully saturated rings. The van der Waals surface area contributed by atoms with E-state index in [9.17, 15) is 22.8 Å². The zero-order valence-electron chi connectivity index (χ0n) is 13.3. The lowest BCUT2D eigenvalue weighted by atomic mass is 10.1. The molecular formula is C15H18F3N3O3. The molecule has 1 atom stereocenters. The van der Waals surface area contributed by atoms with E-state index >= 15 is 0 Å². The van der Waals surface area contributed by atoms with Crippen LogP contribution in [0, 0.1) is 5.92 Å². The number of rotatable bonds is 5. The zero-order chi connectivity index (χ0) is 17.9. The van der Waals surface area contributed by atoms with Gasteiger partial charge in [0.05, 0.1) is 17.8 Å². The number of pyridine rings is 1. The summed E-state index contributed by atoms with van der Waals surface area (Å²) < 4.78 is 40.6. The van der Waals surface area contributed by atoms with Gasteiger partial charge in [-0.05, 0) is 19.9 Å². The summed E-state index contributed by atoms with van der Waals surface area (Å²) in [6, 6.07) is 2.66. The number of ether oxygens (including phenoxy) is 1. The number of alkyl halides is 3. The lowest BCUT2D eigenvalue weighted by Gasteiger charge is -2.20. The molecule has 0 unspecified atom stereocenters. The molecule has 2 rings (SSSR count). The molecule has 6 nitrogen and oxygen atoms in total. The summed E-state index contributed by atoms with van der Waals surface area (Å²) in [4.78, 5) is 29.3. The first-order valence-electron chi connectivity index (χ1n) is 7.41. The van der Waals surface area contributed by atoms with Gasteiger partial charge < -0.3 is 15.0 Å². The van der Waals surface area contributed by atoms with Crippen LogP contribution in [0.5, 0.6) is 5.88 Å². The molecule has 0 spiro atoms. The Hall–Kier alpha value is -2.32. The van der Waals surface area contributed by atoms with Gasteiger partial charge in [-0.3, -0.25) is 9.59 Å². The van der Waals surface area contributed by atoms with E-state index in [4.69, 9.17) is 0 Å². The smallest absolute Gasteiger partial charge is 0.422 e. The minimum atomic E-state index is -4.44. The van der Waals surface area contributed by atoms with E-state index in [1.807, 2.05) is 13.8 Å². The van der Waals surface area contributed by atoms with Crippen LogP contribution in [0.15, 0.2) is 18.3 Å². The highest BCUT2D eigenvalue weighted by Gasteiger charge is 2.35. The number of likely N-dealkylation sites (tertiary alicyclic amines) is 1. The molecule has 1 aliphatic rings. The molecule has 1 aliphatic heterocycles. The topological polar surface area (TPSA) is 71.5 Å². The summed E-state index contributed by atoms with van der Waals surface area (Å²) >= 11 is 0. The van der Waals surface area contributed by atoms with Crippen molar-refractivity contribution in [3.05, 3.63) is 18.3 Å². The molecule has 1 N–H and O–H groups in total. The standard InChI is InChI=1S/C15H18F3N3O3/c1-9(2)21-7-10(5-13(21)22)14(23)20-11-3-4-12(19-6-11)24-8-15(16,17)18/h3-4,6,9-10H,5,7-8H2,1-2H3,(H,20,23)/t10-/m0/s1. The Balaban J connectivity index is 1.90. The van der Waals surface area contributed by atoms with Gasteiger partial charge in [0, 0.05) is 25.1 Å². The lowest BCUT2D eigenvalue weighted by molar-refractivity contribution is -0.154. The summed E-state index contributed by atoms with van der Waals surface area (Å²) in [5, 5.41) is 2.61. The summed E-state index contributed by atoms with van der Waals surface area (Å²) in [6.45, 7) is 2.67. The minimum Gasteiger partial charge on any atom is -0.468 e. The molecule has 2 amide bonds. The third-order valence-electron chi connectivity index (χ3n) is 3.54. The number of nitrogens with one attached hydrogen (secondary N) is 1. The Kier molecular flexibility index (Phi) is 5.30. The van der Waals surface area contributed by atoms with Crippen LogP contribution in [-0.4, -0.2) is 47.1 Å². The summed E-state index contributed by atoms with van der Waals surface area (Å²) in [5.74, 6) is -1.04. The highest BCUT2D eigenvalue weighted by Crippen LogP contribution is 2.22. The number of carbonyl (C=O) groups excluding carboxylic acids is 2. The van der Waals surface area contributed by atoms with Crippen molar-refractivity contribution in [2.75, 3.05) is 18.5 Å². The first-order chi connectivity index (χ1) is 11.2. The molecule has 0 aliphatic carbocycles. The molecule has 1 saturated heterocycles. The number of halogens is 3. The Morgan fingerprint density at radius 2 is 2.17 bits per heavy atom. The maximum atomic E-state index is 12.2. The SMILES string of the molecule is CC(C)N1C[C@@H](C(=O)Nc2ccc(OCC(F)(F)F)nc2)CC1=O. The highest BCUT2D eigenvalue weighted by molar-refractivity contribution is 5.97. The molecular weight excluding hydrogens is 327 g/mol. The van der Waals surface area contributed by atoms with Crippen LogP contribution in [-0.2, 0) is 9.59 Å². The predicted octanol–water partition coefficient (Wildman–Crippen LogP) is 2.22. The lowest BCUT2D eigenvalue weighted by Crippen LogP contribution is -2.33. The van der Waals surface area contributed by atoms with E-state index < -0.39 is 18.7 Å². The number of nitrogens with zero attached hydrogens (tertiary/aromatic N) is 2. The van der Waals surface area contributed by atoms with Gasteiger partial charge in [0.15, 0.2) is 6.61 Å². The molecule has 132 valence electrons. The van der Waals surface area contributed by atoms with Crippen LogP contribution in [0.3, 0.4) is 0 Å². The number of anilines is 1. The van der Waals surface area contributed by atoms with Gasteiger partial charge in [-0.2, -0.15) is 13.2 Å². The van der Waals surface area contributed by atoms with Crippen molar-refractivity contribution in [1.29, 1.82) is 0 Å². The van der Waals surface area contributed by atoms with Crippen molar-refractivity contribution in [3.63, 3.8) is 0 Å². The maximum absolute atomic E-state index is 12.2. The van der Waals surface area contributed by atoms with Gasteiger partial charge in [0.1, 0.15) is 0 Å². The van der Waals surface area contributed by atoms with Crippen molar-refractivity contribution < 1.29 is 27.5 Å². The van der Waals surface area contributed by atoms with E-state index in [-0.39, 0.29) is 30.2 Å². The molecule has 1 aromatic rings. The number of hydrogen-bond acceptors (Lipinski definition) is 4. The van der Waals surface area contributed by atoms with E-state index in [1.165, 1.54) is 18.3 Å². The van der Waals surface area contributed by atoms with Crippen LogP contribution in [0.25, 0.3) is 0 Å². The molecule has 2 heterocycles. The summed E-state index contributed by atoms with van der Waals surface area (Å²) in [7, 11) is 0. The first-order valence-corrected chi connectivity index (χ1v) is 7.41. The Bertz CT molecular complexity index is 602. The largest absolute Gasteiger partial charge is 0.468 e. The Labute approximate surface area is 137 Å². The monoisotopic (exact) mass is 345 g/mol. The third kappa shape index (κ3) is 4.84. The minimum absolute atomic E-state index is 0.0297. The average Bonchev–Trinajstić information content (AvgIpc) is 2.88. The van der Waals surface area contributed by atoms with Crippen LogP contribution in [0.4, 0.5) is 18.9 Å². The van der Waals surface area contributed by atoms with Crippen LogP contribution < -0.4 is 10.1 Å². The van der Waals surface area contributed by atoms with E-state index in [0.29, 0.717) is 12.2 Å². The van der Waals surface area contributed by atoms with Crippen molar-refractivity contribution in [3.8, 4) is 5.88 Å². The van der Waals surface area contributed by atoms with E-state index in [0.717, 1.165) is 0 Å². The van der Waals surface area contributed by atoms with Gasteiger partial charge in [0.25, 0.3) is 0 Å². The van der Waals surface area contributed by atoms with Gasteiger partial charge in [-0.1, -0.05) is 0 Å². The molecule has 0 bridgehead atoms. The Morgan fingerprint density at radius 1 is 1.46 bits per heavy atom. The van der Waals surface area contributed by atoms with Gasteiger partial charge >= 0.3 is 6.18 Å². The molecule has 24 heavy (non-hydrogen) atoms. The maximum Gasteiger partial charge on any atom is 0.422 e. The second-order valence-corrected chi connectivity index (χ2v) is 5.82. The second kappa shape index (κ2) is 7.06. The normalized spacial score (nSPS) is 18.2. The number of amides is 2. The van der Waals surface area contributed by atoms with Gasteiger partial charge in [-0.25, -0.2) is 4.98 Å². The molecule has 0 aromatic carbocycles. The first kappa shape index (κ1) is 18.0. The molecule has 9 heteroatoms. The third-order valence-corrected chi connectivity index (χ3v) is 3.54. The molecule has 0 radical (unpaired) electrons. The zero-order valence-corrected chi connectivity index (χ0v) is 13.3. The van der Waals surface area contributed by atoms with Gasteiger partial charge in [-0.15, -0.1) is 0 Å². The molecule has 1 aromatic heterocycles. The quantitative estimate of drug-likeness (QED) is 0.888. The van der Waals surface area contributed by atoms with Crippen molar-refractivity contribution in [2.45, 2.75) is 32.5 Å². The van der Waals surface area contributed by atoms with E-state index in [2.05, 4.69) is 15.0 Å². The summed E-state index contributed by atoms with van der Waals surface area (Å²) in [6.07, 6.45) is -3.09. The fraction of sp³-hybridized carbons (Fsp3) is 0.533. The van der Waals surface area contributed by atoms with Crippen molar-refractivity contribution in [2.24, 2.45) is 5.92 Å². The van der Waals surface area contributed by atoms with Crippen LogP contribution in [0.2, 0.25) is 0 Å². The van der Waals surface area contributed by atoms with Crippen LogP contribution in [0.1, 0.15) is 20.3 Å². The predicted molar refractivity (Wildman–Crippen MR) is 79.4 cm³/mol. The fourth-order valence-electron chi connectivity index (χ4n) is 2.35. The van der Waals surface area contributed by atoms with Crippen molar-refractivity contribution >= 4 is 17.5 Å². The fourth-order valence-corrected chi connectivity index (χ4v) is 2.35. The number of carbonyl (C=O) groups is 2. The Morgan fingerprint density at radius 3 is 2.67 bits per heavy atom. The van der Waals surface area contributed by atoms with Gasteiger partial charge in [0.2, 0.25) is 17.7 Å². The second-order valence-electron chi connectivity index (χ2n) is 5.82. The number of aromatic nitrogens is 1.